The van der Waals surface area contributed by atoms with Gasteiger partial charge >= 0.3 is 5.97 Å². The number of rotatable bonds is 3. The second-order valence-corrected chi connectivity index (χ2v) is 5.37. The molecule has 0 radical (unpaired) electrons. The summed E-state index contributed by atoms with van der Waals surface area (Å²) < 4.78 is 16.7. The summed E-state index contributed by atoms with van der Waals surface area (Å²) in [7, 11) is 0. The minimum absolute atomic E-state index is 0.141. The maximum absolute atomic E-state index is 12.2. The highest BCUT2D eigenvalue weighted by molar-refractivity contribution is 5.94. The number of benzene rings is 2. The summed E-state index contributed by atoms with van der Waals surface area (Å²) in [4.78, 5) is 15.2. The summed E-state index contributed by atoms with van der Waals surface area (Å²) in [6.07, 6.45) is -0.307. The first kappa shape index (κ1) is 13.7. The molecule has 0 bridgehead atoms. The van der Waals surface area contributed by atoms with Crippen LogP contribution < -0.4 is 9.47 Å². The maximum Gasteiger partial charge on any atom is 0.354 e. The van der Waals surface area contributed by atoms with E-state index in [9.17, 15) is 4.79 Å². The van der Waals surface area contributed by atoms with Crippen molar-refractivity contribution >= 4 is 16.9 Å². The van der Waals surface area contributed by atoms with E-state index in [-0.39, 0.29) is 12.7 Å². The molecule has 0 unspecified atom stereocenters. The number of carbonyl (C=O) groups is 1. The van der Waals surface area contributed by atoms with Crippen LogP contribution in [0.4, 0.5) is 0 Å². The topological polar surface area (TPSA) is 60.6 Å². The molecule has 1 aliphatic heterocycles. The van der Waals surface area contributed by atoms with Crippen LogP contribution in [-0.2, 0) is 4.74 Å². The summed E-state index contributed by atoms with van der Waals surface area (Å²) in [5.74, 6) is 0.986. The zero-order valence-corrected chi connectivity index (χ0v) is 12.3. The number of H-pyrrole nitrogens is 1. The average Bonchev–Trinajstić information content (AvgIpc) is 3.04. The van der Waals surface area contributed by atoms with Crippen molar-refractivity contribution in [2.75, 3.05) is 13.2 Å². The van der Waals surface area contributed by atoms with Crippen LogP contribution >= 0.6 is 0 Å². The minimum atomic E-state index is -0.399. The third-order valence-corrected chi connectivity index (χ3v) is 3.72. The van der Waals surface area contributed by atoms with Gasteiger partial charge in [0.2, 0.25) is 0 Å². The van der Waals surface area contributed by atoms with Crippen LogP contribution in [-0.4, -0.2) is 30.3 Å². The molecular weight excluding hydrogens is 294 g/mol. The Hall–Kier alpha value is -2.95. The van der Waals surface area contributed by atoms with Crippen molar-refractivity contribution in [3.8, 4) is 11.5 Å². The molecule has 5 heteroatoms. The number of esters is 1. The van der Waals surface area contributed by atoms with Crippen LogP contribution in [0.15, 0.2) is 54.6 Å². The lowest BCUT2D eigenvalue weighted by molar-refractivity contribution is 0.0106. The third kappa shape index (κ3) is 2.73. The number of hydrogen-bond acceptors (Lipinski definition) is 4. The maximum atomic E-state index is 12.2. The highest BCUT2D eigenvalue weighted by Crippen LogP contribution is 2.30. The van der Waals surface area contributed by atoms with E-state index in [0.717, 1.165) is 10.9 Å². The predicted molar refractivity (Wildman–Crippen MR) is 84.9 cm³/mol. The van der Waals surface area contributed by atoms with Gasteiger partial charge in [0.1, 0.15) is 18.9 Å². The first-order valence-electron chi connectivity index (χ1n) is 7.43. The van der Waals surface area contributed by atoms with Crippen molar-refractivity contribution in [1.29, 1.82) is 0 Å². The molecule has 2 aromatic carbocycles. The minimum Gasteiger partial charge on any atom is -0.486 e. The molecule has 1 atom stereocenters. The van der Waals surface area contributed by atoms with Gasteiger partial charge in [-0.15, -0.1) is 0 Å². The molecule has 23 heavy (non-hydrogen) atoms. The van der Waals surface area contributed by atoms with Crippen LogP contribution in [0.5, 0.6) is 11.5 Å². The molecule has 1 N–H and O–H groups in total. The standard InChI is InChI=1S/C18H15NO4/c20-18(15-9-12-5-1-2-6-14(12)19-15)22-11-13-10-21-16-7-3-4-8-17(16)23-13/h1-9,13,19H,10-11H2/t13-/m0/s1. The number of hydrogen-bond donors (Lipinski definition) is 1. The SMILES string of the molecule is O=C(OC[C@@H]1COc2ccccc2O1)c1cc2ccccc2[nH]1. The molecule has 0 saturated carbocycles. The summed E-state index contributed by atoms with van der Waals surface area (Å²) in [6, 6.07) is 16.9. The predicted octanol–water partition coefficient (Wildman–Crippen LogP) is 3.16. The van der Waals surface area contributed by atoms with Gasteiger partial charge < -0.3 is 19.2 Å². The van der Waals surface area contributed by atoms with E-state index >= 15 is 0 Å². The lowest BCUT2D eigenvalue weighted by Crippen LogP contribution is -2.34. The van der Waals surface area contributed by atoms with Crippen molar-refractivity contribution in [1.82, 2.24) is 4.98 Å². The monoisotopic (exact) mass is 309 g/mol. The second kappa shape index (κ2) is 5.68. The van der Waals surface area contributed by atoms with E-state index in [4.69, 9.17) is 14.2 Å². The van der Waals surface area contributed by atoms with Crippen LogP contribution in [0.2, 0.25) is 0 Å². The zero-order valence-electron chi connectivity index (χ0n) is 12.3. The van der Waals surface area contributed by atoms with Gasteiger partial charge in [-0.1, -0.05) is 30.3 Å². The summed E-state index contributed by atoms with van der Waals surface area (Å²) in [6.45, 7) is 0.500. The number of para-hydroxylation sites is 3. The molecule has 0 aliphatic carbocycles. The van der Waals surface area contributed by atoms with Crippen LogP contribution in [0.3, 0.4) is 0 Å². The molecule has 2 heterocycles. The molecule has 1 aliphatic rings. The number of ether oxygens (including phenoxy) is 3. The number of aromatic amines is 1. The molecule has 116 valence electrons. The Morgan fingerprint density at radius 2 is 1.91 bits per heavy atom. The molecule has 0 saturated heterocycles. The molecule has 5 nitrogen and oxygen atoms in total. The summed E-state index contributed by atoms with van der Waals surface area (Å²) in [5.41, 5.74) is 1.34. The van der Waals surface area contributed by atoms with E-state index in [1.165, 1.54) is 0 Å². The van der Waals surface area contributed by atoms with Gasteiger partial charge in [-0.2, -0.15) is 0 Å². The van der Waals surface area contributed by atoms with Crippen LogP contribution in [0.25, 0.3) is 10.9 Å². The van der Waals surface area contributed by atoms with Crippen molar-refractivity contribution in [2.24, 2.45) is 0 Å². The van der Waals surface area contributed by atoms with Crippen molar-refractivity contribution in [3.05, 3.63) is 60.3 Å². The van der Waals surface area contributed by atoms with Gasteiger partial charge in [-0.25, -0.2) is 4.79 Å². The number of nitrogens with one attached hydrogen (secondary N) is 1. The summed E-state index contributed by atoms with van der Waals surface area (Å²) in [5, 5.41) is 0.977. The third-order valence-electron chi connectivity index (χ3n) is 3.72. The number of fused-ring (bicyclic) bond motifs is 2. The Labute approximate surface area is 132 Å². The Morgan fingerprint density at radius 1 is 1.13 bits per heavy atom. The van der Waals surface area contributed by atoms with Crippen LogP contribution in [0.1, 0.15) is 10.5 Å². The van der Waals surface area contributed by atoms with Gasteiger partial charge in [-0.3, -0.25) is 0 Å². The lowest BCUT2D eigenvalue weighted by atomic mass is 10.2. The lowest BCUT2D eigenvalue weighted by Gasteiger charge is -2.25. The van der Waals surface area contributed by atoms with Gasteiger partial charge in [0.15, 0.2) is 17.6 Å². The smallest absolute Gasteiger partial charge is 0.354 e. The van der Waals surface area contributed by atoms with E-state index in [0.29, 0.717) is 23.8 Å². The molecule has 0 spiro atoms. The number of carbonyl (C=O) groups excluding carboxylic acids is 1. The Balaban J connectivity index is 1.40. The van der Waals surface area contributed by atoms with E-state index in [1.807, 2.05) is 48.5 Å². The normalized spacial score (nSPS) is 16.3. The van der Waals surface area contributed by atoms with E-state index in [2.05, 4.69) is 4.98 Å². The first-order valence-corrected chi connectivity index (χ1v) is 7.43. The quantitative estimate of drug-likeness (QED) is 0.755. The molecule has 0 fully saturated rings. The highest BCUT2D eigenvalue weighted by atomic mass is 16.6. The van der Waals surface area contributed by atoms with E-state index < -0.39 is 5.97 Å². The highest BCUT2D eigenvalue weighted by Gasteiger charge is 2.22. The van der Waals surface area contributed by atoms with Crippen molar-refractivity contribution in [3.63, 3.8) is 0 Å². The van der Waals surface area contributed by atoms with Gasteiger partial charge in [-0.05, 0) is 24.3 Å². The molecule has 3 aromatic rings. The van der Waals surface area contributed by atoms with Crippen LogP contribution in [0, 0.1) is 0 Å². The fraction of sp³-hybridized carbons (Fsp3) is 0.167. The molecule has 1 aromatic heterocycles. The molecular formula is C18H15NO4. The van der Waals surface area contributed by atoms with Gasteiger partial charge in [0, 0.05) is 10.9 Å². The Morgan fingerprint density at radius 3 is 2.78 bits per heavy atom. The van der Waals surface area contributed by atoms with Gasteiger partial charge in [0.05, 0.1) is 0 Å². The largest absolute Gasteiger partial charge is 0.486 e. The summed E-state index contributed by atoms with van der Waals surface area (Å²) >= 11 is 0. The zero-order chi connectivity index (χ0) is 15.6. The molecule has 0 amide bonds. The van der Waals surface area contributed by atoms with E-state index in [1.54, 1.807) is 6.07 Å². The average molecular weight is 309 g/mol. The number of aromatic nitrogens is 1. The fourth-order valence-electron chi connectivity index (χ4n) is 2.57. The van der Waals surface area contributed by atoms with Crippen molar-refractivity contribution in [2.45, 2.75) is 6.10 Å². The molecule has 4 rings (SSSR count). The van der Waals surface area contributed by atoms with Gasteiger partial charge in [0.25, 0.3) is 0 Å². The Bertz CT molecular complexity index is 822. The second-order valence-electron chi connectivity index (χ2n) is 5.37. The fourth-order valence-corrected chi connectivity index (χ4v) is 2.57. The Kier molecular flexibility index (Phi) is 3.38. The first-order chi connectivity index (χ1) is 11.3. The van der Waals surface area contributed by atoms with Crippen molar-refractivity contribution < 1.29 is 19.0 Å².